The van der Waals surface area contributed by atoms with Crippen LogP contribution in [0.2, 0.25) is 0 Å². The van der Waals surface area contributed by atoms with Crippen molar-refractivity contribution in [3.8, 4) is 0 Å². The summed E-state index contributed by atoms with van der Waals surface area (Å²) in [7, 11) is 0. The molecule has 0 aromatic heterocycles. The Morgan fingerprint density at radius 3 is 1.69 bits per heavy atom. The van der Waals surface area contributed by atoms with Gasteiger partial charge in [-0.2, -0.15) is 0 Å². The van der Waals surface area contributed by atoms with Crippen LogP contribution in [-0.4, -0.2) is 47.3 Å². The molecule has 1 aromatic carbocycles. The molecular weight excluding hydrogens is 362 g/mol. The SMILES string of the molecule is C[C@@H]1CN(C2CCCCCCCCCCC2)C[C@@H](C)O1.O=C(O)c1ccccc1. The average Bonchev–Trinajstić information content (AvgIpc) is 2.69. The molecule has 164 valence electrons. The third kappa shape index (κ3) is 9.77. The fourth-order valence-corrected chi connectivity index (χ4v) is 4.60. The van der Waals surface area contributed by atoms with Gasteiger partial charge < -0.3 is 9.84 Å². The van der Waals surface area contributed by atoms with Crippen LogP contribution in [0.4, 0.5) is 0 Å². The van der Waals surface area contributed by atoms with Crippen molar-refractivity contribution in [3.05, 3.63) is 35.9 Å². The Kier molecular flexibility index (Phi) is 11.3. The summed E-state index contributed by atoms with van der Waals surface area (Å²) in [6.45, 7) is 6.76. The number of carboxylic acids is 1. The minimum Gasteiger partial charge on any atom is -0.478 e. The lowest BCUT2D eigenvalue weighted by Gasteiger charge is -2.40. The van der Waals surface area contributed by atoms with Crippen molar-refractivity contribution in [1.82, 2.24) is 4.90 Å². The monoisotopic (exact) mass is 403 g/mol. The second kappa shape index (κ2) is 13.8. The zero-order valence-corrected chi connectivity index (χ0v) is 18.5. The van der Waals surface area contributed by atoms with Crippen LogP contribution in [0.15, 0.2) is 30.3 Å². The van der Waals surface area contributed by atoms with E-state index in [0.717, 1.165) is 19.1 Å². The van der Waals surface area contributed by atoms with E-state index in [-0.39, 0.29) is 0 Å². The van der Waals surface area contributed by atoms with Crippen LogP contribution in [0.1, 0.15) is 94.8 Å². The van der Waals surface area contributed by atoms with Crippen molar-refractivity contribution < 1.29 is 14.6 Å². The molecule has 1 saturated carbocycles. The van der Waals surface area contributed by atoms with Crippen LogP contribution in [-0.2, 0) is 4.74 Å². The van der Waals surface area contributed by atoms with Gasteiger partial charge in [0.05, 0.1) is 17.8 Å². The Morgan fingerprint density at radius 1 is 0.828 bits per heavy atom. The Balaban J connectivity index is 0.000000278. The number of morpholine rings is 1. The van der Waals surface area contributed by atoms with Crippen LogP contribution in [0.3, 0.4) is 0 Å². The smallest absolute Gasteiger partial charge is 0.335 e. The summed E-state index contributed by atoms with van der Waals surface area (Å²) in [4.78, 5) is 12.9. The number of rotatable bonds is 2. The molecule has 0 spiro atoms. The summed E-state index contributed by atoms with van der Waals surface area (Å²) in [6.07, 6.45) is 16.8. The highest BCUT2D eigenvalue weighted by Gasteiger charge is 2.27. The Morgan fingerprint density at radius 2 is 1.28 bits per heavy atom. The number of nitrogens with zero attached hydrogens (tertiary/aromatic N) is 1. The van der Waals surface area contributed by atoms with Gasteiger partial charge in [-0.3, -0.25) is 4.90 Å². The van der Waals surface area contributed by atoms with E-state index in [1.165, 1.54) is 70.6 Å². The van der Waals surface area contributed by atoms with Gasteiger partial charge in [0.15, 0.2) is 0 Å². The van der Waals surface area contributed by atoms with Crippen molar-refractivity contribution >= 4 is 5.97 Å². The van der Waals surface area contributed by atoms with Crippen LogP contribution in [0.25, 0.3) is 0 Å². The third-order valence-corrected chi connectivity index (χ3v) is 6.06. The predicted octanol–water partition coefficient (Wildman–Crippen LogP) is 6.15. The molecule has 0 radical (unpaired) electrons. The topological polar surface area (TPSA) is 49.8 Å². The molecule has 4 heteroatoms. The summed E-state index contributed by atoms with van der Waals surface area (Å²) in [5.74, 6) is -0.879. The van der Waals surface area contributed by atoms with E-state index in [1.807, 2.05) is 0 Å². The molecule has 3 rings (SSSR count). The minimum absolute atomic E-state index is 0.331. The van der Waals surface area contributed by atoms with Gasteiger partial charge in [-0.25, -0.2) is 4.79 Å². The van der Waals surface area contributed by atoms with Gasteiger partial charge in [-0.1, -0.05) is 76.0 Å². The lowest BCUT2D eigenvalue weighted by molar-refractivity contribution is -0.0825. The zero-order chi connectivity index (χ0) is 20.9. The van der Waals surface area contributed by atoms with E-state index in [0.29, 0.717) is 17.8 Å². The average molecular weight is 404 g/mol. The summed E-state index contributed by atoms with van der Waals surface area (Å²) in [5, 5.41) is 8.38. The molecule has 0 unspecified atom stereocenters. The normalized spacial score (nSPS) is 25.7. The summed E-state index contributed by atoms with van der Waals surface area (Å²) < 4.78 is 5.90. The van der Waals surface area contributed by atoms with E-state index in [2.05, 4.69) is 18.7 Å². The standard InChI is InChI=1S/C18H35NO.C7H6O2/c1-16-14-19(15-17(2)20-16)18-12-10-8-6-4-3-5-7-9-11-13-18;8-7(9)6-4-2-1-3-5-6/h16-18H,3-15H2,1-2H3;1-5H,(H,8,9)/t16-,17-;/m1./s1. The Bertz CT molecular complexity index is 540. The molecule has 1 aliphatic heterocycles. The predicted molar refractivity (Wildman–Crippen MR) is 120 cm³/mol. The van der Waals surface area contributed by atoms with Crippen molar-refractivity contribution in [2.45, 2.75) is 103 Å². The van der Waals surface area contributed by atoms with E-state index >= 15 is 0 Å². The first-order chi connectivity index (χ1) is 14.1. The van der Waals surface area contributed by atoms with E-state index in [4.69, 9.17) is 9.84 Å². The highest BCUT2D eigenvalue weighted by Crippen LogP contribution is 2.23. The summed E-state index contributed by atoms with van der Waals surface area (Å²) >= 11 is 0. The second-order valence-corrected chi connectivity index (χ2v) is 8.80. The molecule has 0 amide bonds. The summed E-state index contributed by atoms with van der Waals surface area (Å²) in [5.41, 5.74) is 0.331. The van der Waals surface area contributed by atoms with Crippen LogP contribution in [0, 0.1) is 0 Å². The third-order valence-electron chi connectivity index (χ3n) is 6.06. The van der Waals surface area contributed by atoms with Crippen LogP contribution in [0.5, 0.6) is 0 Å². The molecule has 1 aromatic rings. The first-order valence-electron chi connectivity index (χ1n) is 11.7. The molecule has 4 nitrogen and oxygen atoms in total. The lowest BCUT2D eigenvalue weighted by Crippen LogP contribution is -2.50. The first kappa shape index (κ1) is 23.9. The van der Waals surface area contributed by atoms with Gasteiger partial charge in [0, 0.05) is 19.1 Å². The number of aromatic carboxylic acids is 1. The molecular formula is C25H41NO3. The van der Waals surface area contributed by atoms with Crippen LogP contribution >= 0.6 is 0 Å². The maximum atomic E-state index is 10.2. The molecule has 2 atom stereocenters. The maximum absolute atomic E-state index is 10.2. The highest BCUT2D eigenvalue weighted by molar-refractivity contribution is 5.87. The number of hydrogen-bond donors (Lipinski definition) is 1. The number of ether oxygens (including phenoxy) is 1. The molecule has 2 fully saturated rings. The minimum atomic E-state index is -0.879. The number of hydrogen-bond acceptors (Lipinski definition) is 3. The van der Waals surface area contributed by atoms with E-state index < -0.39 is 5.97 Å². The van der Waals surface area contributed by atoms with Gasteiger partial charge in [-0.15, -0.1) is 0 Å². The second-order valence-electron chi connectivity index (χ2n) is 8.80. The molecule has 2 aliphatic rings. The molecule has 1 heterocycles. The van der Waals surface area contributed by atoms with Crippen molar-refractivity contribution in [1.29, 1.82) is 0 Å². The zero-order valence-electron chi connectivity index (χ0n) is 18.5. The number of carboxylic acid groups (broad SMARTS) is 1. The van der Waals surface area contributed by atoms with Crippen molar-refractivity contribution in [2.24, 2.45) is 0 Å². The molecule has 1 saturated heterocycles. The molecule has 0 bridgehead atoms. The molecule has 29 heavy (non-hydrogen) atoms. The van der Waals surface area contributed by atoms with E-state index in [1.54, 1.807) is 30.3 Å². The van der Waals surface area contributed by atoms with Crippen LogP contribution < -0.4 is 0 Å². The van der Waals surface area contributed by atoms with Gasteiger partial charge in [0.2, 0.25) is 0 Å². The van der Waals surface area contributed by atoms with E-state index in [9.17, 15) is 4.79 Å². The van der Waals surface area contributed by atoms with Crippen molar-refractivity contribution in [2.75, 3.05) is 13.1 Å². The summed E-state index contributed by atoms with van der Waals surface area (Å²) in [6, 6.07) is 9.12. The molecule has 1 N–H and O–H groups in total. The van der Waals surface area contributed by atoms with Gasteiger partial charge in [0.25, 0.3) is 0 Å². The Hall–Kier alpha value is -1.39. The first-order valence-corrected chi connectivity index (χ1v) is 11.7. The van der Waals surface area contributed by atoms with Gasteiger partial charge >= 0.3 is 5.97 Å². The van der Waals surface area contributed by atoms with Gasteiger partial charge in [0.1, 0.15) is 0 Å². The number of benzene rings is 1. The number of carbonyl (C=O) groups is 1. The Labute approximate surface area is 177 Å². The largest absolute Gasteiger partial charge is 0.478 e. The van der Waals surface area contributed by atoms with Crippen molar-refractivity contribution in [3.63, 3.8) is 0 Å². The fourth-order valence-electron chi connectivity index (χ4n) is 4.60. The molecule has 1 aliphatic carbocycles. The highest BCUT2D eigenvalue weighted by atomic mass is 16.5. The lowest BCUT2D eigenvalue weighted by atomic mass is 9.96. The quantitative estimate of drug-likeness (QED) is 0.643. The van der Waals surface area contributed by atoms with Gasteiger partial charge in [-0.05, 0) is 38.8 Å². The fraction of sp³-hybridized carbons (Fsp3) is 0.720. The maximum Gasteiger partial charge on any atom is 0.335 e.